The monoisotopic (exact) mass is 245 g/mol. The first-order valence-corrected chi connectivity index (χ1v) is 7.18. The lowest BCUT2D eigenvalue weighted by atomic mass is 9.89. The lowest BCUT2D eigenvalue weighted by molar-refractivity contribution is -0.0945. The van der Waals surface area contributed by atoms with Gasteiger partial charge in [0.2, 0.25) is 0 Å². The molecule has 1 heterocycles. The van der Waals surface area contributed by atoms with Crippen LogP contribution in [0.15, 0.2) is 4.99 Å². The van der Waals surface area contributed by atoms with Crippen molar-refractivity contribution >= 4 is 17.7 Å². The van der Waals surface area contributed by atoms with Crippen molar-refractivity contribution in [2.45, 2.75) is 13.8 Å². The van der Waals surface area contributed by atoms with Crippen molar-refractivity contribution in [3.63, 3.8) is 0 Å². The fraction of sp³-hybridized carbons (Fsp3) is 0.909. The van der Waals surface area contributed by atoms with Gasteiger partial charge in [0.15, 0.2) is 5.96 Å². The number of nitrogens with zero attached hydrogens (tertiary/aromatic N) is 1. The van der Waals surface area contributed by atoms with Crippen LogP contribution in [0.3, 0.4) is 0 Å². The van der Waals surface area contributed by atoms with Gasteiger partial charge in [-0.1, -0.05) is 6.92 Å². The highest BCUT2D eigenvalue weighted by Crippen LogP contribution is 2.26. The first kappa shape index (κ1) is 13.6. The van der Waals surface area contributed by atoms with Crippen LogP contribution < -0.4 is 10.6 Å². The molecular formula is C11H23N3OS. The molecule has 1 rings (SSSR count). The number of rotatable bonds is 6. The lowest BCUT2D eigenvalue weighted by Crippen LogP contribution is -2.44. The van der Waals surface area contributed by atoms with Crippen molar-refractivity contribution in [1.29, 1.82) is 0 Å². The van der Waals surface area contributed by atoms with Crippen molar-refractivity contribution in [2.75, 3.05) is 44.9 Å². The SMILES string of the molecule is CCNC(=NCC1(C)COC1)NCCSC. The van der Waals surface area contributed by atoms with Crippen LogP contribution in [0.5, 0.6) is 0 Å². The Bertz CT molecular complexity index is 229. The fourth-order valence-corrected chi connectivity index (χ4v) is 1.73. The molecule has 5 heteroatoms. The summed E-state index contributed by atoms with van der Waals surface area (Å²) in [5, 5.41) is 6.57. The van der Waals surface area contributed by atoms with E-state index in [1.54, 1.807) is 0 Å². The Morgan fingerprint density at radius 1 is 1.44 bits per heavy atom. The van der Waals surface area contributed by atoms with Crippen LogP contribution in [0, 0.1) is 5.41 Å². The minimum atomic E-state index is 0.252. The van der Waals surface area contributed by atoms with Gasteiger partial charge in [0.05, 0.1) is 19.8 Å². The second-order valence-electron chi connectivity index (χ2n) is 4.42. The first-order chi connectivity index (χ1) is 7.70. The van der Waals surface area contributed by atoms with Gasteiger partial charge in [-0.3, -0.25) is 4.99 Å². The molecule has 0 spiro atoms. The zero-order valence-corrected chi connectivity index (χ0v) is 11.3. The summed E-state index contributed by atoms with van der Waals surface area (Å²) >= 11 is 1.84. The molecule has 1 aliphatic rings. The van der Waals surface area contributed by atoms with Crippen molar-refractivity contribution < 1.29 is 4.74 Å². The molecule has 94 valence electrons. The number of aliphatic imine (C=N–C) groups is 1. The largest absolute Gasteiger partial charge is 0.380 e. The quantitative estimate of drug-likeness (QED) is 0.415. The van der Waals surface area contributed by atoms with Gasteiger partial charge in [-0.25, -0.2) is 0 Å². The molecule has 0 aromatic carbocycles. The maximum atomic E-state index is 5.22. The van der Waals surface area contributed by atoms with Crippen LogP contribution in [0.4, 0.5) is 0 Å². The summed E-state index contributed by atoms with van der Waals surface area (Å²) in [5.74, 6) is 2.02. The summed E-state index contributed by atoms with van der Waals surface area (Å²) in [5.41, 5.74) is 0.252. The molecule has 0 unspecified atom stereocenters. The second kappa shape index (κ2) is 7.01. The lowest BCUT2D eigenvalue weighted by Gasteiger charge is -2.36. The molecule has 0 bridgehead atoms. The highest BCUT2D eigenvalue weighted by atomic mass is 32.2. The van der Waals surface area contributed by atoms with Crippen molar-refractivity contribution in [1.82, 2.24) is 10.6 Å². The highest BCUT2D eigenvalue weighted by Gasteiger charge is 2.33. The number of hydrogen-bond acceptors (Lipinski definition) is 3. The van der Waals surface area contributed by atoms with Crippen LogP contribution in [0.2, 0.25) is 0 Å². The Morgan fingerprint density at radius 2 is 2.19 bits per heavy atom. The minimum absolute atomic E-state index is 0.252. The Morgan fingerprint density at radius 3 is 2.69 bits per heavy atom. The van der Waals surface area contributed by atoms with E-state index in [2.05, 4.69) is 35.7 Å². The molecule has 0 amide bonds. The zero-order chi connectivity index (χ0) is 11.9. The van der Waals surface area contributed by atoms with E-state index in [0.717, 1.165) is 44.6 Å². The molecule has 1 aliphatic heterocycles. The molecule has 0 saturated carbocycles. The van der Waals surface area contributed by atoms with Gasteiger partial charge in [-0.2, -0.15) is 11.8 Å². The van der Waals surface area contributed by atoms with Crippen molar-refractivity contribution in [2.24, 2.45) is 10.4 Å². The molecule has 4 nitrogen and oxygen atoms in total. The Hall–Kier alpha value is -0.420. The van der Waals surface area contributed by atoms with E-state index in [-0.39, 0.29) is 5.41 Å². The van der Waals surface area contributed by atoms with Crippen LogP contribution >= 0.6 is 11.8 Å². The molecule has 0 radical (unpaired) electrons. The standard InChI is InChI=1S/C11H23N3OS/c1-4-12-10(13-5-6-16-3)14-7-11(2)8-15-9-11/h4-9H2,1-3H3,(H2,12,13,14). The summed E-state index contributed by atoms with van der Waals surface area (Å²) < 4.78 is 5.22. The van der Waals surface area contributed by atoms with Gasteiger partial charge in [0, 0.05) is 24.3 Å². The van der Waals surface area contributed by atoms with Gasteiger partial charge < -0.3 is 15.4 Å². The predicted octanol–water partition coefficient (Wildman–Crippen LogP) is 0.941. The van der Waals surface area contributed by atoms with E-state index < -0.39 is 0 Å². The normalized spacial score (nSPS) is 19.1. The third-order valence-corrected chi connectivity index (χ3v) is 3.08. The minimum Gasteiger partial charge on any atom is -0.380 e. The van der Waals surface area contributed by atoms with Crippen LogP contribution in [-0.4, -0.2) is 50.8 Å². The average molecular weight is 245 g/mol. The van der Waals surface area contributed by atoms with E-state index in [1.807, 2.05) is 11.8 Å². The van der Waals surface area contributed by atoms with Gasteiger partial charge in [-0.15, -0.1) is 0 Å². The van der Waals surface area contributed by atoms with Gasteiger partial charge in [0.1, 0.15) is 0 Å². The van der Waals surface area contributed by atoms with Gasteiger partial charge >= 0.3 is 0 Å². The number of nitrogens with one attached hydrogen (secondary N) is 2. The van der Waals surface area contributed by atoms with Gasteiger partial charge in [-0.05, 0) is 13.2 Å². The summed E-state index contributed by atoms with van der Waals surface area (Å²) in [6.07, 6.45) is 2.11. The number of thioether (sulfide) groups is 1. The third kappa shape index (κ3) is 4.61. The Labute approximate surface area is 103 Å². The molecule has 1 fully saturated rings. The summed E-state index contributed by atoms with van der Waals surface area (Å²) in [4.78, 5) is 4.58. The predicted molar refractivity (Wildman–Crippen MR) is 71.3 cm³/mol. The second-order valence-corrected chi connectivity index (χ2v) is 5.40. The van der Waals surface area contributed by atoms with E-state index in [4.69, 9.17) is 4.74 Å². The van der Waals surface area contributed by atoms with E-state index in [9.17, 15) is 0 Å². The smallest absolute Gasteiger partial charge is 0.191 e. The van der Waals surface area contributed by atoms with Crippen LogP contribution in [0.25, 0.3) is 0 Å². The highest BCUT2D eigenvalue weighted by molar-refractivity contribution is 7.98. The van der Waals surface area contributed by atoms with Crippen molar-refractivity contribution in [3.8, 4) is 0 Å². The first-order valence-electron chi connectivity index (χ1n) is 5.79. The summed E-state index contributed by atoms with van der Waals surface area (Å²) in [6.45, 7) is 8.66. The number of hydrogen-bond donors (Lipinski definition) is 2. The van der Waals surface area contributed by atoms with E-state index in [0.29, 0.717) is 0 Å². The maximum absolute atomic E-state index is 5.22. The average Bonchev–Trinajstić information content (AvgIpc) is 2.23. The van der Waals surface area contributed by atoms with E-state index >= 15 is 0 Å². The van der Waals surface area contributed by atoms with Crippen LogP contribution in [-0.2, 0) is 4.74 Å². The fourth-order valence-electron chi connectivity index (χ4n) is 1.42. The molecule has 0 aliphatic carbocycles. The maximum Gasteiger partial charge on any atom is 0.191 e. The number of ether oxygens (including phenoxy) is 1. The van der Waals surface area contributed by atoms with Crippen molar-refractivity contribution in [3.05, 3.63) is 0 Å². The van der Waals surface area contributed by atoms with Crippen LogP contribution in [0.1, 0.15) is 13.8 Å². The summed E-state index contributed by atoms with van der Waals surface area (Å²) in [7, 11) is 0. The molecule has 0 aromatic rings. The van der Waals surface area contributed by atoms with E-state index in [1.165, 1.54) is 0 Å². The molecule has 1 saturated heterocycles. The topological polar surface area (TPSA) is 45.7 Å². The molecule has 0 aromatic heterocycles. The Kier molecular flexibility index (Phi) is 5.98. The Balaban J connectivity index is 2.32. The summed E-state index contributed by atoms with van der Waals surface area (Å²) in [6, 6.07) is 0. The number of guanidine groups is 1. The zero-order valence-electron chi connectivity index (χ0n) is 10.5. The molecule has 0 atom stereocenters. The molecule has 16 heavy (non-hydrogen) atoms. The third-order valence-electron chi connectivity index (χ3n) is 2.46. The van der Waals surface area contributed by atoms with Gasteiger partial charge in [0.25, 0.3) is 0 Å². The molecule has 2 N–H and O–H groups in total. The molecular weight excluding hydrogens is 222 g/mol.